The van der Waals surface area contributed by atoms with Crippen LogP contribution in [-0.2, 0) is 0 Å². The third kappa shape index (κ3) is 2.99. The van der Waals surface area contributed by atoms with Crippen LogP contribution in [0.15, 0.2) is 70.7 Å². The molecular formula is C14H11NO2S. The number of carbonyl (C=O) groups excluding carboxylic acids is 1. The summed E-state index contributed by atoms with van der Waals surface area (Å²) in [6.45, 7) is 0. The number of hydrogen-bond donors (Lipinski definition) is 1. The largest absolute Gasteiger partial charge is 0.410 e. The van der Waals surface area contributed by atoms with E-state index in [1.54, 1.807) is 24.3 Å². The Balaban J connectivity index is 2.18. The van der Waals surface area contributed by atoms with Crippen molar-refractivity contribution in [2.45, 2.75) is 4.90 Å². The summed E-state index contributed by atoms with van der Waals surface area (Å²) in [7, 11) is 0. The summed E-state index contributed by atoms with van der Waals surface area (Å²) in [6.07, 6.45) is 0. The minimum absolute atomic E-state index is 0.0624. The second kappa shape index (κ2) is 6.02. The molecule has 0 saturated carbocycles. The van der Waals surface area contributed by atoms with E-state index in [2.05, 4.69) is 5.16 Å². The number of nitrogens with zero attached hydrogens (tertiary/aromatic N) is 1. The normalized spacial score (nSPS) is 11.2. The Morgan fingerprint density at radius 1 is 0.944 bits per heavy atom. The van der Waals surface area contributed by atoms with Crippen molar-refractivity contribution in [2.24, 2.45) is 5.16 Å². The number of thioether (sulfide) groups is 1. The first kappa shape index (κ1) is 12.4. The summed E-state index contributed by atoms with van der Waals surface area (Å²) in [6, 6.07) is 18.1. The van der Waals surface area contributed by atoms with Crippen molar-refractivity contribution in [2.75, 3.05) is 0 Å². The average molecular weight is 257 g/mol. The fourth-order valence-electron chi connectivity index (χ4n) is 1.43. The number of benzene rings is 2. The molecule has 0 aliphatic carbocycles. The minimum Gasteiger partial charge on any atom is -0.410 e. The van der Waals surface area contributed by atoms with Gasteiger partial charge in [-0.3, -0.25) is 4.79 Å². The Morgan fingerprint density at radius 2 is 1.50 bits per heavy atom. The summed E-state index contributed by atoms with van der Waals surface area (Å²) < 4.78 is 0. The predicted molar refractivity (Wildman–Crippen MR) is 72.3 cm³/mol. The van der Waals surface area contributed by atoms with Crippen molar-refractivity contribution in [3.63, 3.8) is 0 Å². The SMILES string of the molecule is O=C(/C(=N/O)Sc1ccccc1)c1ccccc1. The van der Waals surface area contributed by atoms with E-state index in [0.29, 0.717) is 5.56 Å². The van der Waals surface area contributed by atoms with Gasteiger partial charge in [0.2, 0.25) is 5.78 Å². The second-order valence-corrected chi connectivity index (χ2v) is 4.58. The van der Waals surface area contributed by atoms with Gasteiger partial charge in [0.1, 0.15) is 0 Å². The number of rotatable bonds is 3. The molecule has 3 nitrogen and oxygen atoms in total. The van der Waals surface area contributed by atoms with Crippen LogP contribution in [0.2, 0.25) is 0 Å². The van der Waals surface area contributed by atoms with Crippen LogP contribution in [-0.4, -0.2) is 16.0 Å². The smallest absolute Gasteiger partial charge is 0.221 e. The lowest BCUT2D eigenvalue weighted by Gasteiger charge is -2.03. The number of hydrogen-bond acceptors (Lipinski definition) is 4. The van der Waals surface area contributed by atoms with Crippen LogP contribution < -0.4 is 0 Å². The quantitative estimate of drug-likeness (QED) is 0.229. The highest BCUT2D eigenvalue weighted by molar-refractivity contribution is 8.15. The molecule has 18 heavy (non-hydrogen) atoms. The third-order valence-corrected chi connectivity index (χ3v) is 3.25. The van der Waals surface area contributed by atoms with Crippen molar-refractivity contribution >= 4 is 22.6 Å². The molecule has 2 rings (SSSR count). The summed E-state index contributed by atoms with van der Waals surface area (Å²) in [4.78, 5) is 12.9. The van der Waals surface area contributed by atoms with Gasteiger partial charge in [0.05, 0.1) is 0 Å². The van der Waals surface area contributed by atoms with Crippen LogP contribution in [0.25, 0.3) is 0 Å². The lowest BCUT2D eigenvalue weighted by atomic mass is 10.1. The zero-order valence-corrected chi connectivity index (χ0v) is 10.3. The topological polar surface area (TPSA) is 49.7 Å². The van der Waals surface area contributed by atoms with Crippen LogP contribution in [0.3, 0.4) is 0 Å². The molecule has 0 atom stereocenters. The van der Waals surface area contributed by atoms with Crippen LogP contribution in [0, 0.1) is 0 Å². The van der Waals surface area contributed by atoms with E-state index in [4.69, 9.17) is 5.21 Å². The van der Waals surface area contributed by atoms with Crippen LogP contribution in [0.4, 0.5) is 0 Å². The van der Waals surface area contributed by atoms with Crippen molar-refractivity contribution < 1.29 is 10.0 Å². The molecule has 0 saturated heterocycles. The van der Waals surface area contributed by atoms with Crippen LogP contribution in [0.5, 0.6) is 0 Å². The molecule has 0 bridgehead atoms. The number of ketones is 1. The molecule has 2 aromatic carbocycles. The molecule has 0 spiro atoms. The van der Waals surface area contributed by atoms with E-state index in [9.17, 15) is 4.79 Å². The van der Waals surface area contributed by atoms with Crippen molar-refractivity contribution in [3.05, 3.63) is 66.2 Å². The first-order valence-electron chi connectivity index (χ1n) is 5.36. The molecule has 0 aromatic heterocycles. The van der Waals surface area contributed by atoms with E-state index < -0.39 is 0 Å². The maximum atomic E-state index is 12.1. The number of carbonyl (C=O) groups is 1. The highest BCUT2D eigenvalue weighted by Crippen LogP contribution is 2.21. The first-order chi connectivity index (χ1) is 8.81. The van der Waals surface area contributed by atoms with Crippen LogP contribution in [0.1, 0.15) is 10.4 Å². The zero-order valence-electron chi connectivity index (χ0n) is 9.48. The molecule has 90 valence electrons. The second-order valence-electron chi connectivity index (χ2n) is 3.52. The van der Waals surface area contributed by atoms with Gasteiger partial charge in [0.15, 0.2) is 5.04 Å². The molecule has 0 fully saturated rings. The minimum atomic E-state index is -0.285. The van der Waals surface area contributed by atoms with Gasteiger partial charge in [0, 0.05) is 10.5 Å². The molecule has 1 N–H and O–H groups in total. The zero-order chi connectivity index (χ0) is 12.8. The van der Waals surface area contributed by atoms with Gasteiger partial charge in [-0.05, 0) is 12.1 Å². The maximum absolute atomic E-state index is 12.1. The molecule has 0 aliphatic heterocycles. The average Bonchev–Trinajstić information content (AvgIpc) is 2.46. The Hall–Kier alpha value is -2.07. The summed E-state index contributed by atoms with van der Waals surface area (Å²) in [5, 5.41) is 12.1. The van der Waals surface area contributed by atoms with Gasteiger partial charge in [-0.1, -0.05) is 65.4 Å². The molecule has 0 aliphatic rings. The first-order valence-corrected chi connectivity index (χ1v) is 6.17. The Kier molecular flexibility index (Phi) is 4.15. The Morgan fingerprint density at radius 3 is 2.06 bits per heavy atom. The number of Topliss-reactive ketones (excluding diaryl/α,β-unsaturated/α-hetero) is 1. The van der Waals surface area contributed by atoms with Gasteiger partial charge in [-0.2, -0.15) is 0 Å². The standard InChI is InChI=1S/C14H11NO2S/c16-13(11-7-3-1-4-8-11)14(15-17)18-12-9-5-2-6-10-12/h1-10,17H/b15-14-. The molecule has 0 amide bonds. The highest BCUT2D eigenvalue weighted by atomic mass is 32.2. The van der Waals surface area contributed by atoms with Crippen molar-refractivity contribution in [1.82, 2.24) is 0 Å². The van der Waals surface area contributed by atoms with E-state index in [1.165, 1.54) is 0 Å². The van der Waals surface area contributed by atoms with Gasteiger partial charge in [-0.15, -0.1) is 0 Å². The molecule has 2 aromatic rings. The molecule has 0 radical (unpaired) electrons. The van der Waals surface area contributed by atoms with Gasteiger partial charge in [0.25, 0.3) is 0 Å². The highest BCUT2D eigenvalue weighted by Gasteiger charge is 2.15. The molecular weight excluding hydrogens is 246 g/mol. The number of oxime groups is 1. The van der Waals surface area contributed by atoms with Gasteiger partial charge < -0.3 is 5.21 Å². The monoisotopic (exact) mass is 257 g/mol. The van der Waals surface area contributed by atoms with E-state index >= 15 is 0 Å². The van der Waals surface area contributed by atoms with Crippen LogP contribution >= 0.6 is 11.8 Å². The van der Waals surface area contributed by atoms with E-state index in [0.717, 1.165) is 16.7 Å². The van der Waals surface area contributed by atoms with Gasteiger partial charge in [-0.25, -0.2) is 0 Å². The van der Waals surface area contributed by atoms with Gasteiger partial charge >= 0.3 is 0 Å². The third-order valence-electron chi connectivity index (χ3n) is 2.28. The van der Waals surface area contributed by atoms with E-state index in [1.807, 2.05) is 36.4 Å². The van der Waals surface area contributed by atoms with E-state index in [-0.39, 0.29) is 10.8 Å². The lowest BCUT2D eigenvalue weighted by molar-refractivity contribution is 0.106. The van der Waals surface area contributed by atoms with Crippen molar-refractivity contribution in [1.29, 1.82) is 0 Å². The lowest BCUT2D eigenvalue weighted by Crippen LogP contribution is -2.10. The fraction of sp³-hybridized carbons (Fsp3) is 0. The Bertz CT molecular complexity index is 553. The molecule has 0 unspecified atom stereocenters. The maximum Gasteiger partial charge on any atom is 0.221 e. The predicted octanol–water partition coefficient (Wildman–Crippen LogP) is 3.45. The molecule has 4 heteroatoms. The summed E-state index contributed by atoms with van der Waals surface area (Å²) in [5.74, 6) is -0.285. The summed E-state index contributed by atoms with van der Waals surface area (Å²) >= 11 is 1.14. The summed E-state index contributed by atoms with van der Waals surface area (Å²) in [5.41, 5.74) is 0.508. The fourth-order valence-corrected chi connectivity index (χ4v) is 2.19. The molecule has 0 heterocycles. The Labute approximate surface area is 109 Å². The van der Waals surface area contributed by atoms with Crippen molar-refractivity contribution in [3.8, 4) is 0 Å².